The minimum atomic E-state index is -0.418. The molecule has 1 saturated carbocycles. The van der Waals surface area contributed by atoms with E-state index in [1.54, 1.807) is 12.1 Å². The Bertz CT molecular complexity index is 430. The van der Waals surface area contributed by atoms with Crippen LogP contribution in [0, 0.1) is 16.0 Å². The van der Waals surface area contributed by atoms with Crippen LogP contribution in [0.15, 0.2) is 18.2 Å². The summed E-state index contributed by atoms with van der Waals surface area (Å²) in [7, 11) is 0. The van der Waals surface area contributed by atoms with Crippen molar-refractivity contribution in [3.63, 3.8) is 0 Å². The van der Waals surface area contributed by atoms with Crippen molar-refractivity contribution in [2.24, 2.45) is 5.92 Å². The second-order valence-corrected chi connectivity index (χ2v) is 4.53. The third-order valence-electron chi connectivity index (χ3n) is 3.03. The highest BCUT2D eigenvalue weighted by Crippen LogP contribution is 2.33. The SMILES string of the molecule is CCOc1cc(NCCC2CC2)ccc1[N+](=O)[O-]. The van der Waals surface area contributed by atoms with Crippen LogP contribution in [0.4, 0.5) is 11.4 Å². The van der Waals surface area contributed by atoms with E-state index in [2.05, 4.69) is 5.32 Å². The van der Waals surface area contributed by atoms with Gasteiger partial charge in [0.05, 0.1) is 11.5 Å². The first-order chi connectivity index (χ1) is 8.70. The lowest BCUT2D eigenvalue weighted by molar-refractivity contribution is -0.385. The number of nitrogens with one attached hydrogen (secondary N) is 1. The van der Waals surface area contributed by atoms with Crippen LogP contribution in [0.1, 0.15) is 26.2 Å². The van der Waals surface area contributed by atoms with Crippen molar-refractivity contribution in [2.75, 3.05) is 18.5 Å². The standard InChI is InChI=1S/C13H18N2O3/c1-2-18-13-9-11(5-6-12(13)15(16)17)14-8-7-10-3-4-10/h5-6,9-10,14H,2-4,7-8H2,1H3. The van der Waals surface area contributed by atoms with Crippen LogP contribution in [-0.4, -0.2) is 18.1 Å². The molecule has 1 aliphatic carbocycles. The molecule has 0 aromatic heterocycles. The highest BCUT2D eigenvalue weighted by Gasteiger charge is 2.20. The zero-order chi connectivity index (χ0) is 13.0. The van der Waals surface area contributed by atoms with Gasteiger partial charge in [-0.15, -0.1) is 0 Å². The lowest BCUT2D eigenvalue weighted by atomic mass is 10.2. The molecule has 0 saturated heterocycles. The van der Waals surface area contributed by atoms with Gasteiger partial charge in [0.2, 0.25) is 0 Å². The van der Waals surface area contributed by atoms with E-state index in [9.17, 15) is 10.1 Å². The predicted molar refractivity (Wildman–Crippen MR) is 70.1 cm³/mol. The monoisotopic (exact) mass is 250 g/mol. The highest BCUT2D eigenvalue weighted by molar-refractivity contribution is 5.57. The van der Waals surface area contributed by atoms with Gasteiger partial charge in [0.15, 0.2) is 5.75 Å². The number of hydrogen-bond donors (Lipinski definition) is 1. The summed E-state index contributed by atoms with van der Waals surface area (Å²) in [6.45, 7) is 3.15. The quantitative estimate of drug-likeness (QED) is 0.596. The summed E-state index contributed by atoms with van der Waals surface area (Å²) in [6.07, 6.45) is 3.85. The van der Waals surface area contributed by atoms with Crippen LogP contribution in [0.3, 0.4) is 0 Å². The normalized spacial score (nSPS) is 14.3. The average molecular weight is 250 g/mol. The first kappa shape index (κ1) is 12.7. The molecular weight excluding hydrogens is 232 g/mol. The maximum Gasteiger partial charge on any atom is 0.311 e. The minimum absolute atomic E-state index is 0.0181. The number of ether oxygens (including phenoxy) is 1. The van der Waals surface area contributed by atoms with Gasteiger partial charge in [0.25, 0.3) is 0 Å². The van der Waals surface area contributed by atoms with E-state index < -0.39 is 4.92 Å². The Morgan fingerprint density at radius 2 is 2.28 bits per heavy atom. The Kier molecular flexibility index (Phi) is 4.02. The molecule has 5 nitrogen and oxygen atoms in total. The summed E-state index contributed by atoms with van der Waals surface area (Å²) >= 11 is 0. The van der Waals surface area contributed by atoms with E-state index in [4.69, 9.17) is 4.74 Å². The van der Waals surface area contributed by atoms with Crippen molar-refractivity contribution in [2.45, 2.75) is 26.2 Å². The van der Waals surface area contributed by atoms with Gasteiger partial charge in [-0.05, 0) is 25.3 Å². The fourth-order valence-corrected chi connectivity index (χ4v) is 1.87. The summed E-state index contributed by atoms with van der Waals surface area (Å²) in [5, 5.41) is 14.1. The second-order valence-electron chi connectivity index (χ2n) is 4.53. The van der Waals surface area contributed by atoms with Crippen LogP contribution < -0.4 is 10.1 Å². The topological polar surface area (TPSA) is 64.4 Å². The molecule has 0 spiro atoms. The molecule has 1 aromatic rings. The molecule has 1 aromatic carbocycles. The first-order valence-electron chi connectivity index (χ1n) is 6.35. The molecule has 0 unspecified atom stereocenters. The fraction of sp³-hybridized carbons (Fsp3) is 0.538. The van der Waals surface area contributed by atoms with E-state index in [0.717, 1.165) is 18.2 Å². The Hall–Kier alpha value is -1.78. The Morgan fingerprint density at radius 3 is 2.89 bits per heavy atom. The number of rotatable bonds is 7. The molecule has 5 heteroatoms. The second kappa shape index (κ2) is 5.71. The van der Waals surface area contributed by atoms with Crippen LogP contribution in [-0.2, 0) is 0 Å². The highest BCUT2D eigenvalue weighted by atomic mass is 16.6. The van der Waals surface area contributed by atoms with Crippen molar-refractivity contribution in [1.29, 1.82) is 0 Å². The molecule has 0 radical (unpaired) electrons. The smallest absolute Gasteiger partial charge is 0.311 e. The van der Waals surface area contributed by atoms with Crippen LogP contribution in [0.25, 0.3) is 0 Å². The van der Waals surface area contributed by atoms with E-state index in [1.165, 1.54) is 25.3 Å². The summed E-state index contributed by atoms with van der Waals surface area (Å²) in [5.41, 5.74) is 0.897. The molecule has 0 aliphatic heterocycles. The zero-order valence-corrected chi connectivity index (χ0v) is 10.5. The first-order valence-corrected chi connectivity index (χ1v) is 6.35. The van der Waals surface area contributed by atoms with Gasteiger partial charge in [-0.2, -0.15) is 0 Å². The molecule has 98 valence electrons. The van der Waals surface area contributed by atoms with Gasteiger partial charge in [0, 0.05) is 24.4 Å². The molecule has 0 atom stereocenters. The van der Waals surface area contributed by atoms with Crippen LogP contribution in [0.2, 0.25) is 0 Å². The minimum Gasteiger partial charge on any atom is -0.487 e. The molecule has 1 fully saturated rings. The third-order valence-corrected chi connectivity index (χ3v) is 3.03. The van der Waals surface area contributed by atoms with Crippen molar-refractivity contribution < 1.29 is 9.66 Å². The van der Waals surface area contributed by atoms with E-state index in [0.29, 0.717) is 12.4 Å². The van der Waals surface area contributed by atoms with Crippen molar-refractivity contribution in [3.05, 3.63) is 28.3 Å². The van der Waals surface area contributed by atoms with Crippen molar-refractivity contribution >= 4 is 11.4 Å². The molecule has 2 rings (SSSR count). The Balaban J connectivity index is 2.01. The van der Waals surface area contributed by atoms with Crippen molar-refractivity contribution in [3.8, 4) is 5.75 Å². The number of nitro benzene ring substituents is 1. The molecule has 1 N–H and O–H groups in total. The largest absolute Gasteiger partial charge is 0.487 e. The van der Waals surface area contributed by atoms with Crippen molar-refractivity contribution in [1.82, 2.24) is 0 Å². The summed E-state index contributed by atoms with van der Waals surface area (Å²) in [4.78, 5) is 10.4. The summed E-state index contributed by atoms with van der Waals surface area (Å²) < 4.78 is 5.30. The Morgan fingerprint density at radius 1 is 1.50 bits per heavy atom. The van der Waals surface area contributed by atoms with Gasteiger partial charge < -0.3 is 10.1 Å². The fourth-order valence-electron chi connectivity index (χ4n) is 1.87. The van der Waals surface area contributed by atoms with E-state index in [1.807, 2.05) is 6.92 Å². The molecular formula is C13H18N2O3. The number of nitrogens with zero attached hydrogens (tertiary/aromatic N) is 1. The maximum absolute atomic E-state index is 10.8. The molecule has 0 bridgehead atoms. The predicted octanol–water partition coefficient (Wildman–Crippen LogP) is 3.21. The van der Waals surface area contributed by atoms with Gasteiger partial charge >= 0.3 is 5.69 Å². The number of benzene rings is 1. The molecule has 0 amide bonds. The van der Waals surface area contributed by atoms with E-state index >= 15 is 0 Å². The number of nitro groups is 1. The Labute approximate surface area is 106 Å². The lowest BCUT2D eigenvalue weighted by Crippen LogP contribution is -2.04. The average Bonchev–Trinajstić information content (AvgIpc) is 3.13. The number of anilines is 1. The molecule has 1 aliphatic rings. The summed E-state index contributed by atoms with van der Waals surface area (Å²) in [5.74, 6) is 1.21. The van der Waals surface area contributed by atoms with Gasteiger partial charge in [-0.1, -0.05) is 12.8 Å². The van der Waals surface area contributed by atoms with Crippen LogP contribution in [0.5, 0.6) is 5.75 Å². The van der Waals surface area contributed by atoms with E-state index in [-0.39, 0.29) is 5.69 Å². The van der Waals surface area contributed by atoms with Gasteiger partial charge in [0.1, 0.15) is 0 Å². The maximum atomic E-state index is 10.8. The van der Waals surface area contributed by atoms with Crippen LogP contribution >= 0.6 is 0 Å². The lowest BCUT2D eigenvalue weighted by Gasteiger charge is -2.09. The third kappa shape index (κ3) is 3.35. The van der Waals surface area contributed by atoms with Gasteiger partial charge in [-0.3, -0.25) is 10.1 Å². The van der Waals surface area contributed by atoms with Gasteiger partial charge in [-0.25, -0.2) is 0 Å². The molecule has 18 heavy (non-hydrogen) atoms. The zero-order valence-electron chi connectivity index (χ0n) is 10.5. The number of hydrogen-bond acceptors (Lipinski definition) is 4. The molecule has 0 heterocycles. The summed E-state index contributed by atoms with van der Waals surface area (Å²) in [6, 6.07) is 4.92.